The Hall–Kier alpha value is -1.17. The van der Waals surface area contributed by atoms with Gasteiger partial charge in [0.05, 0.1) is 11.0 Å². The fourth-order valence-electron chi connectivity index (χ4n) is 2.74. The third-order valence-corrected chi connectivity index (χ3v) is 6.44. The van der Waals surface area contributed by atoms with E-state index in [2.05, 4.69) is 58.6 Å². The van der Waals surface area contributed by atoms with E-state index in [0.717, 1.165) is 23.7 Å². The molecule has 0 amide bonds. The summed E-state index contributed by atoms with van der Waals surface area (Å²) in [7, 11) is -1.09. The number of aromatic nitrogens is 2. The van der Waals surface area contributed by atoms with Crippen molar-refractivity contribution in [3.8, 4) is 0 Å². The number of fused-ring (bicyclic) bond motifs is 1. The Kier molecular flexibility index (Phi) is 6.23. The van der Waals surface area contributed by atoms with E-state index in [1.165, 1.54) is 5.56 Å². The second-order valence-corrected chi connectivity index (χ2v) is 13.8. The Balaban J connectivity index is 2.28. The summed E-state index contributed by atoms with van der Waals surface area (Å²) in [6.07, 6.45) is 0. The van der Waals surface area contributed by atoms with E-state index in [-0.39, 0.29) is 6.61 Å². The Morgan fingerprint density at radius 2 is 1.92 bits per heavy atom. The Morgan fingerprint density at radius 1 is 1.21 bits per heavy atom. The summed E-state index contributed by atoms with van der Waals surface area (Å²) in [6, 6.07) is 7.44. The quantitative estimate of drug-likeness (QED) is 0.560. The molecule has 0 saturated carbocycles. The third kappa shape index (κ3) is 4.46. The lowest BCUT2D eigenvalue weighted by atomic mass is 9.89. The normalized spacial score (nSPS) is 13.8. The van der Waals surface area contributed by atoms with Gasteiger partial charge in [0.1, 0.15) is 19.2 Å². The van der Waals surface area contributed by atoms with Gasteiger partial charge in [0.2, 0.25) is 0 Å². The first-order chi connectivity index (χ1) is 11.2. The average molecular weight is 349 g/mol. The van der Waals surface area contributed by atoms with Gasteiger partial charge < -0.3 is 14.4 Å². The molecule has 0 spiro atoms. The summed E-state index contributed by atoms with van der Waals surface area (Å²) in [5.74, 6) is 1.66. The largest absolute Gasteiger partial charge is 0.388 e. The van der Waals surface area contributed by atoms with E-state index in [4.69, 9.17) is 9.72 Å². The van der Waals surface area contributed by atoms with E-state index >= 15 is 0 Å². The molecule has 1 heterocycles. The number of ether oxygens (including phenoxy) is 1. The SMILES string of the molecule is CC(C)C(C)c1cccc2c1nc(CO)n2COCC[Si](C)(C)C. The van der Waals surface area contributed by atoms with Crippen LogP contribution in [0.1, 0.15) is 38.1 Å². The van der Waals surface area contributed by atoms with Gasteiger partial charge in [-0.05, 0) is 29.5 Å². The molecular formula is C19H32N2O2Si. The van der Waals surface area contributed by atoms with Gasteiger partial charge >= 0.3 is 0 Å². The van der Waals surface area contributed by atoms with Gasteiger partial charge in [0.25, 0.3) is 0 Å². The van der Waals surface area contributed by atoms with E-state index in [9.17, 15) is 5.11 Å². The highest BCUT2D eigenvalue weighted by Crippen LogP contribution is 2.30. The second-order valence-electron chi connectivity index (χ2n) is 8.21. The molecule has 1 atom stereocenters. The van der Waals surface area contributed by atoms with E-state index in [1.54, 1.807) is 0 Å². The van der Waals surface area contributed by atoms with Crippen molar-refractivity contribution in [2.45, 2.75) is 65.7 Å². The fraction of sp³-hybridized carbons (Fsp3) is 0.632. The zero-order chi connectivity index (χ0) is 17.9. The molecule has 4 nitrogen and oxygen atoms in total. The van der Waals surface area contributed by atoms with Gasteiger partial charge in [-0.2, -0.15) is 0 Å². The number of imidazole rings is 1. The van der Waals surface area contributed by atoms with E-state index in [0.29, 0.717) is 24.4 Å². The predicted octanol–water partition coefficient (Wildman–Crippen LogP) is 4.60. The highest BCUT2D eigenvalue weighted by Gasteiger charge is 2.18. The van der Waals surface area contributed by atoms with Gasteiger partial charge in [-0.15, -0.1) is 0 Å². The maximum absolute atomic E-state index is 9.71. The molecule has 1 aromatic heterocycles. The van der Waals surface area contributed by atoms with Crippen LogP contribution in [0.4, 0.5) is 0 Å². The maximum Gasteiger partial charge on any atom is 0.137 e. The lowest BCUT2D eigenvalue weighted by Crippen LogP contribution is -2.22. The average Bonchev–Trinajstić information content (AvgIpc) is 2.87. The minimum absolute atomic E-state index is 0.0679. The van der Waals surface area contributed by atoms with Gasteiger partial charge in [0, 0.05) is 14.7 Å². The van der Waals surface area contributed by atoms with Gasteiger partial charge in [-0.25, -0.2) is 4.98 Å². The summed E-state index contributed by atoms with van der Waals surface area (Å²) in [5.41, 5.74) is 3.30. The van der Waals surface area contributed by atoms with Crippen molar-refractivity contribution in [3.63, 3.8) is 0 Å². The van der Waals surface area contributed by atoms with Crippen molar-refractivity contribution >= 4 is 19.1 Å². The molecule has 1 N–H and O–H groups in total. The third-order valence-electron chi connectivity index (χ3n) is 4.74. The van der Waals surface area contributed by atoms with Crippen LogP contribution in [0.15, 0.2) is 18.2 Å². The van der Waals surface area contributed by atoms with Crippen molar-refractivity contribution in [2.24, 2.45) is 5.92 Å². The van der Waals surface area contributed by atoms with Crippen LogP contribution >= 0.6 is 0 Å². The van der Waals surface area contributed by atoms with Crippen LogP contribution in [-0.4, -0.2) is 29.3 Å². The first-order valence-corrected chi connectivity index (χ1v) is 12.6. The number of rotatable bonds is 8. The van der Waals surface area contributed by atoms with Crippen molar-refractivity contribution in [1.82, 2.24) is 9.55 Å². The van der Waals surface area contributed by atoms with Crippen LogP contribution in [0.25, 0.3) is 11.0 Å². The second kappa shape index (κ2) is 7.81. The van der Waals surface area contributed by atoms with Gasteiger partial charge in [-0.1, -0.05) is 52.5 Å². The molecule has 0 aliphatic rings. The van der Waals surface area contributed by atoms with Crippen molar-refractivity contribution < 1.29 is 9.84 Å². The number of nitrogens with zero attached hydrogens (tertiary/aromatic N) is 2. The van der Waals surface area contributed by atoms with E-state index in [1.807, 2.05) is 4.57 Å². The standard InChI is InChI=1S/C19H32N2O2Si/c1-14(2)15(3)16-8-7-9-17-19(16)20-18(12-22)21(17)13-23-10-11-24(4,5)6/h7-9,14-15,22H,10-13H2,1-6H3. The monoisotopic (exact) mass is 348 g/mol. The minimum Gasteiger partial charge on any atom is -0.388 e. The van der Waals surface area contributed by atoms with E-state index < -0.39 is 8.07 Å². The van der Waals surface area contributed by atoms with Crippen molar-refractivity contribution in [1.29, 1.82) is 0 Å². The topological polar surface area (TPSA) is 47.3 Å². The molecular weight excluding hydrogens is 316 g/mol. The molecule has 0 radical (unpaired) electrons. The Labute approximate surface area is 146 Å². The molecule has 134 valence electrons. The van der Waals surface area contributed by atoms with Crippen LogP contribution in [0.2, 0.25) is 25.7 Å². The van der Waals surface area contributed by atoms with Crippen molar-refractivity contribution in [3.05, 3.63) is 29.6 Å². The predicted molar refractivity (Wildman–Crippen MR) is 103 cm³/mol. The first kappa shape index (κ1) is 19.2. The lowest BCUT2D eigenvalue weighted by molar-refractivity contribution is 0.0845. The number of benzene rings is 1. The van der Waals surface area contributed by atoms with Gasteiger partial charge in [-0.3, -0.25) is 0 Å². The summed E-state index contributed by atoms with van der Waals surface area (Å²) < 4.78 is 7.91. The number of hydrogen-bond donors (Lipinski definition) is 1. The number of para-hydroxylation sites is 1. The Morgan fingerprint density at radius 3 is 2.50 bits per heavy atom. The molecule has 5 heteroatoms. The van der Waals surface area contributed by atoms with Crippen molar-refractivity contribution in [2.75, 3.05) is 6.61 Å². The summed E-state index contributed by atoms with van der Waals surface area (Å²) in [6.45, 7) is 14.9. The van der Waals surface area contributed by atoms with Crippen LogP contribution in [0.5, 0.6) is 0 Å². The Bertz CT molecular complexity index is 674. The molecule has 1 unspecified atom stereocenters. The summed E-state index contributed by atoms with van der Waals surface area (Å²) >= 11 is 0. The zero-order valence-corrected chi connectivity index (χ0v) is 17.0. The number of hydrogen-bond acceptors (Lipinski definition) is 3. The molecule has 0 aliphatic heterocycles. The highest BCUT2D eigenvalue weighted by atomic mass is 28.3. The molecule has 24 heavy (non-hydrogen) atoms. The van der Waals surface area contributed by atoms with Crippen LogP contribution < -0.4 is 0 Å². The molecule has 2 aromatic rings. The molecule has 0 bridgehead atoms. The number of aliphatic hydroxyl groups is 1. The number of aliphatic hydroxyl groups excluding tert-OH is 1. The minimum atomic E-state index is -1.09. The highest BCUT2D eigenvalue weighted by molar-refractivity contribution is 6.76. The summed E-state index contributed by atoms with van der Waals surface area (Å²) in [4.78, 5) is 4.70. The molecule has 0 aliphatic carbocycles. The van der Waals surface area contributed by atoms with Gasteiger partial charge in [0.15, 0.2) is 0 Å². The molecule has 2 rings (SSSR count). The molecule has 1 aromatic carbocycles. The zero-order valence-electron chi connectivity index (χ0n) is 16.0. The van der Waals surface area contributed by atoms with Crippen LogP contribution in [0, 0.1) is 5.92 Å². The summed E-state index contributed by atoms with van der Waals surface area (Å²) in [5, 5.41) is 9.71. The van der Waals surface area contributed by atoms with Crippen LogP contribution in [-0.2, 0) is 18.1 Å². The maximum atomic E-state index is 9.71. The lowest BCUT2D eigenvalue weighted by Gasteiger charge is -2.17. The molecule has 0 fully saturated rings. The first-order valence-electron chi connectivity index (χ1n) is 8.91. The van der Waals surface area contributed by atoms with Crippen LogP contribution in [0.3, 0.4) is 0 Å². The molecule has 0 saturated heterocycles. The smallest absolute Gasteiger partial charge is 0.137 e. The fourth-order valence-corrected chi connectivity index (χ4v) is 3.50.